The lowest BCUT2D eigenvalue weighted by Gasteiger charge is -2.10. The molecule has 0 radical (unpaired) electrons. The lowest BCUT2D eigenvalue weighted by atomic mass is 10.4. The van der Waals surface area contributed by atoms with Crippen LogP contribution in [0.1, 0.15) is 6.92 Å². The second kappa shape index (κ2) is 11.2. The van der Waals surface area contributed by atoms with Crippen molar-refractivity contribution in [1.82, 2.24) is 10.2 Å². The maximum atomic E-state index is 11.2. The van der Waals surface area contributed by atoms with E-state index in [0.29, 0.717) is 18.8 Å². The van der Waals surface area contributed by atoms with Gasteiger partial charge in [-0.1, -0.05) is 6.58 Å². The summed E-state index contributed by atoms with van der Waals surface area (Å²) in [6, 6.07) is 0. The highest BCUT2D eigenvalue weighted by Gasteiger charge is 2.04. The number of alkyl carbamates (subject to hydrolysis) is 1. The maximum Gasteiger partial charge on any atom is 0.407 e. The van der Waals surface area contributed by atoms with Crippen molar-refractivity contribution in [2.24, 2.45) is 0 Å². The molecule has 1 amide bonds. The normalized spacial score (nSPS) is 10.2. The molecule has 0 aliphatic rings. The van der Waals surface area contributed by atoms with Crippen molar-refractivity contribution in [2.45, 2.75) is 6.92 Å². The minimum atomic E-state index is -0.562. The van der Waals surface area contributed by atoms with E-state index in [1.807, 2.05) is 19.0 Å². The van der Waals surface area contributed by atoms with E-state index >= 15 is 0 Å². The van der Waals surface area contributed by atoms with Gasteiger partial charge in [0.1, 0.15) is 13.2 Å². The van der Waals surface area contributed by atoms with Gasteiger partial charge in [0.25, 0.3) is 0 Å². The molecule has 116 valence electrons. The number of rotatable bonds is 10. The predicted molar refractivity (Wildman–Crippen MR) is 74.5 cm³/mol. The van der Waals surface area contributed by atoms with Crippen LogP contribution in [0.5, 0.6) is 0 Å². The molecule has 7 nitrogen and oxygen atoms in total. The summed E-state index contributed by atoms with van der Waals surface area (Å²) in [7, 11) is 3.90. The Balaban J connectivity index is 3.37. The minimum absolute atomic E-state index is 0.0835. The van der Waals surface area contributed by atoms with Crippen molar-refractivity contribution >= 4 is 12.1 Å². The van der Waals surface area contributed by atoms with E-state index in [0.717, 1.165) is 6.54 Å². The first-order valence-corrected chi connectivity index (χ1v) is 6.39. The topological polar surface area (TPSA) is 77.1 Å². The summed E-state index contributed by atoms with van der Waals surface area (Å²) in [6.07, 6.45) is -0.562. The molecule has 0 heterocycles. The molecule has 0 saturated heterocycles. The SMILES string of the molecule is C=C(C)C(=O)OCCNC(=O)OCCOCCN(C)C. The van der Waals surface area contributed by atoms with E-state index in [2.05, 4.69) is 11.9 Å². The molecule has 0 aromatic heterocycles. The largest absolute Gasteiger partial charge is 0.460 e. The fourth-order valence-electron chi connectivity index (χ4n) is 1.01. The number of nitrogens with zero attached hydrogens (tertiary/aromatic N) is 1. The monoisotopic (exact) mass is 288 g/mol. The Labute approximate surface area is 119 Å². The quantitative estimate of drug-likeness (QED) is 0.356. The van der Waals surface area contributed by atoms with Crippen molar-refractivity contribution in [1.29, 1.82) is 0 Å². The molecular weight excluding hydrogens is 264 g/mol. The van der Waals surface area contributed by atoms with Crippen molar-refractivity contribution < 1.29 is 23.8 Å². The van der Waals surface area contributed by atoms with Crippen molar-refractivity contribution in [3.63, 3.8) is 0 Å². The second-order valence-electron chi connectivity index (χ2n) is 4.39. The number of ether oxygens (including phenoxy) is 3. The second-order valence-corrected chi connectivity index (χ2v) is 4.39. The van der Waals surface area contributed by atoms with Gasteiger partial charge in [-0.3, -0.25) is 0 Å². The molecule has 0 rings (SSSR count). The van der Waals surface area contributed by atoms with Crippen LogP contribution in [-0.4, -0.2) is 70.6 Å². The van der Waals surface area contributed by atoms with Crippen molar-refractivity contribution in [3.8, 4) is 0 Å². The van der Waals surface area contributed by atoms with Crippen LogP contribution in [0.4, 0.5) is 4.79 Å². The van der Waals surface area contributed by atoms with Gasteiger partial charge in [-0.05, 0) is 21.0 Å². The Kier molecular flexibility index (Phi) is 10.3. The van der Waals surface area contributed by atoms with Crippen LogP contribution in [-0.2, 0) is 19.0 Å². The van der Waals surface area contributed by atoms with Crippen molar-refractivity contribution in [2.75, 3.05) is 53.6 Å². The molecule has 0 aliphatic heterocycles. The first kappa shape index (κ1) is 18.4. The predicted octanol–water partition coefficient (Wildman–Crippen LogP) is 0.410. The summed E-state index contributed by atoms with van der Waals surface area (Å²) in [5.41, 5.74) is 0.322. The third kappa shape index (κ3) is 11.5. The van der Waals surface area contributed by atoms with Crippen LogP contribution in [0, 0.1) is 0 Å². The van der Waals surface area contributed by atoms with E-state index in [4.69, 9.17) is 14.2 Å². The molecule has 20 heavy (non-hydrogen) atoms. The van der Waals surface area contributed by atoms with E-state index in [1.54, 1.807) is 6.92 Å². The van der Waals surface area contributed by atoms with Crippen LogP contribution < -0.4 is 5.32 Å². The van der Waals surface area contributed by atoms with Gasteiger partial charge in [-0.2, -0.15) is 0 Å². The fourth-order valence-corrected chi connectivity index (χ4v) is 1.01. The standard InChI is InChI=1S/C13H24N2O5/c1-11(2)12(16)19-7-5-14-13(17)20-10-9-18-8-6-15(3)4/h1,5-10H2,2-4H3,(H,14,17). The van der Waals surface area contributed by atoms with Gasteiger partial charge in [-0.25, -0.2) is 9.59 Å². The fraction of sp³-hybridized carbons (Fsp3) is 0.692. The summed E-state index contributed by atoms with van der Waals surface area (Å²) in [6.45, 7) is 7.22. The molecular formula is C13H24N2O5. The molecule has 0 aromatic carbocycles. The maximum absolute atomic E-state index is 11.2. The molecule has 0 saturated carbocycles. The number of nitrogens with one attached hydrogen (secondary N) is 1. The van der Waals surface area contributed by atoms with Gasteiger partial charge < -0.3 is 24.4 Å². The molecule has 0 unspecified atom stereocenters. The molecule has 0 spiro atoms. The highest BCUT2D eigenvalue weighted by atomic mass is 16.6. The zero-order chi connectivity index (χ0) is 15.4. The zero-order valence-electron chi connectivity index (χ0n) is 12.4. The number of carbonyl (C=O) groups is 2. The van der Waals surface area contributed by atoms with E-state index in [-0.39, 0.29) is 19.8 Å². The summed E-state index contributed by atoms with van der Waals surface area (Å²) in [4.78, 5) is 24.2. The van der Waals surface area contributed by atoms with Crippen LogP contribution >= 0.6 is 0 Å². The van der Waals surface area contributed by atoms with Crippen LogP contribution in [0.25, 0.3) is 0 Å². The van der Waals surface area contributed by atoms with Gasteiger partial charge >= 0.3 is 12.1 Å². The van der Waals surface area contributed by atoms with Crippen LogP contribution in [0.15, 0.2) is 12.2 Å². The number of hydrogen-bond acceptors (Lipinski definition) is 6. The summed E-state index contributed by atoms with van der Waals surface area (Å²) >= 11 is 0. The Hall–Kier alpha value is -1.60. The Morgan fingerprint density at radius 1 is 1.10 bits per heavy atom. The number of esters is 1. The first-order chi connectivity index (χ1) is 9.43. The molecule has 0 bridgehead atoms. The molecule has 0 atom stereocenters. The molecule has 0 fully saturated rings. The zero-order valence-corrected chi connectivity index (χ0v) is 12.4. The third-order valence-electron chi connectivity index (χ3n) is 2.10. The number of hydrogen-bond donors (Lipinski definition) is 1. The highest BCUT2D eigenvalue weighted by molar-refractivity contribution is 5.86. The van der Waals surface area contributed by atoms with E-state index in [9.17, 15) is 9.59 Å². The van der Waals surface area contributed by atoms with Gasteiger partial charge in [-0.15, -0.1) is 0 Å². The van der Waals surface area contributed by atoms with Crippen molar-refractivity contribution in [3.05, 3.63) is 12.2 Å². The summed E-state index contributed by atoms with van der Waals surface area (Å²) in [5.74, 6) is -0.477. The molecule has 1 N–H and O–H groups in total. The number of likely N-dealkylation sites (N-methyl/N-ethyl adjacent to an activating group) is 1. The molecule has 0 aliphatic carbocycles. The molecule has 0 aromatic rings. The van der Waals surface area contributed by atoms with Crippen LogP contribution in [0.2, 0.25) is 0 Å². The first-order valence-electron chi connectivity index (χ1n) is 6.39. The number of carbonyl (C=O) groups excluding carboxylic acids is 2. The lowest BCUT2D eigenvalue weighted by Crippen LogP contribution is -2.29. The van der Waals surface area contributed by atoms with Gasteiger partial charge in [0.15, 0.2) is 0 Å². The Bertz CT molecular complexity index is 318. The summed E-state index contributed by atoms with van der Waals surface area (Å²) in [5, 5.41) is 2.45. The van der Waals surface area contributed by atoms with E-state index in [1.165, 1.54) is 0 Å². The average molecular weight is 288 g/mol. The average Bonchev–Trinajstić information content (AvgIpc) is 2.37. The Morgan fingerprint density at radius 3 is 2.40 bits per heavy atom. The van der Waals surface area contributed by atoms with Gasteiger partial charge in [0.05, 0.1) is 19.8 Å². The van der Waals surface area contributed by atoms with Crippen LogP contribution in [0.3, 0.4) is 0 Å². The summed E-state index contributed by atoms with van der Waals surface area (Å²) < 4.78 is 14.9. The minimum Gasteiger partial charge on any atom is -0.460 e. The van der Waals surface area contributed by atoms with E-state index < -0.39 is 12.1 Å². The molecule has 7 heteroatoms. The van der Waals surface area contributed by atoms with Gasteiger partial charge in [0.2, 0.25) is 0 Å². The smallest absolute Gasteiger partial charge is 0.407 e. The van der Waals surface area contributed by atoms with Gasteiger partial charge in [0, 0.05) is 12.1 Å². The lowest BCUT2D eigenvalue weighted by molar-refractivity contribution is -0.138. The highest BCUT2D eigenvalue weighted by Crippen LogP contribution is 1.90. The third-order valence-corrected chi connectivity index (χ3v) is 2.10. The number of amides is 1. The Morgan fingerprint density at radius 2 is 1.80 bits per heavy atom.